The van der Waals surface area contributed by atoms with Crippen LogP contribution in [0.3, 0.4) is 0 Å². The molecule has 0 fully saturated rings. The standard InChI is InChI=1S/C13H19NO3/c1-14(8-3-9-15)13(16)12-6-4-11(5-7-12)10-17-2/h4-7,15H,3,8-10H2,1-2H3. The normalized spacial score (nSPS) is 10.3. The molecule has 0 aliphatic heterocycles. The van der Waals surface area contributed by atoms with Gasteiger partial charge in [-0.3, -0.25) is 4.79 Å². The summed E-state index contributed by atoms with van der Waals surface area (Å²) in [6.07, 6.45) is 0.601. The van der Waals surface area contributed by atoms with Gasteiger partial charge in [0, 0.05) is 32.9 Å². The smallest absolute Gasteiger partial charge is 0.253 e. The Kier molecular flexibility index (Phi) is 5.66. The fourth-order valence-electron chi connectivity index (χ4n) is 1.54. The highest BCUT2D eigenvalue weighted by molar-refractivity contribution is 5.94. The van der Waals surface area contributed by atoms with Crippen LogP contribution < -0.4 is 0 Å². The summed E-state index contributed by atoms with van der Waals surface area (Å²) in [6.45, 7) is 1.22. The van der Waals surface area contributed by atoms with Crippen molar-refractivity contribution in [2.45, 2.75) is 13.0 Å². The number of carbonyl (C=O) groups excluding carboxylic acids is 1. The fraction of sp³-hybridized carbons (Fsp3) is 0.462. The first-order chi connectivity index (χ1) is 8.19. The number of carbonyl (C=O) groups is 1. The summed E-state index contributed by atoms with van der Waals surface area (Å²) >= 11 is 0. The SMILES string of the molecule is COCc1ccc(C(=O)N(C)CCCO)cc1. The lowest BCUT2D eigenvalue weighted by atomic mass is 10.1. The van der Waals surface area contributed by atoms with Crippen LogP contribution in [0.25, 0.3) is 0 Å². The van der Waals surface area contributed by atoms with Crippen molar-refractivity contribution >= 4 is 5.91 Å². The van der Waals surface area contributed by atoms with Gasteiger partial charge < -0.3 is 14.7 Å². The summed E-state index contributed by atoms with van der Waals surface area (Å²) in [5.74, 6) is -0.0255. The maximum Gasteiger partial charge on any atom is 0.253 e. The maximum absolute atomic E-state index is 11.9. The molecule has 0 aliphatic carbocycles. The largest absolute Gasteiger partial charge is 0.396 e. The highest BCUT2D eigenvalue weighted by Crippen LogP contribution is 2.08. The van der Waals surface area contributed by atoms with Crippen LogP contribution in [-0.2, 0) is 11.3 Å². The van der Waals surface area contributed by atoms with Gasteiger partial charge in [0.2, 0.25) is 0 Å². The molecule has 0 atom stereocenters. The minimum atomic E-state index is -0.0255. The van der Waals surface area contributed by atoms with Gasteiger partial charge in [-0.05, 0) is 24.1 Å². The lowest BCUT2D eigenvalue weighted by Gasteiger charge is -2.16. The molecular formula is C13H19NO3. The van der Waals surface area contributed by atoms with E-state index in [1.165, 1.54) is 0 Å². The molecule has 0 heterocycles. The van der Waals surface area contributed by atoms with Crippen LogP contribution in [-0.4, -0.2) is 43.2 Å². The zero-order chi connectivity index (χ0) is 12.7. The summed E-state index contributed by atoms with van der Waals surface area (Å²) in [6, 6.07) is 7.37. The number of methoxy groups -OCH3 is 1. The van der Waals surface area contributed by atoms with E-state index in [0.29, 0.717) is 25.1 Å². The van der Waals surface area contributed by atoms with Crippen molar-refractivity contribution in [3.8, 4) is 0 Å². The van der Waals surface area contributed by atoms with Gasteiger partial charge in [0.1, 0.15) is 0 Å². The number of aliphatic hydroxyl groups is 1. The molecule has 0 unspecified atom stereocenters. The van der Waals surface area contributed by atoms with Crippen molar-refractivity contribution in [3.63, 3.8) is 0 Å². The quantitative estimate of drug-likeness (QED) is 0.811. The maximum atomic E-state index is 11.9. The van der Waals surface area contributed by atoms with Gasteiger partial charge in [0.05, 0.1) is 6.61 Å². The molecule has 1 aromatic rings. The van der Waals surface area contributed by atoms with Crippen LogP contribution >= 0.6 is 0 Å². The van der Waals surface area contributed by atoms with E-state index >= 15 is 0 Å². The molecule has 0 aromatic heterocycles. The summed E-state index contributed by atoms with van der Waals surface area (Å²) in [5.41, 5.74) is 1.70. The van der Waals surface area contributed by atoms with E-state index in [2.05, 4.69) is 0 Å². The zero-order valence-electron chi connectivity index (χ0n) is 10.3. The number of ether oxygens (including phenoxy) is 1. The number of rotatable bonds is 6. The average molecular weight is 237 g/mol. The lowest BCUT2D eigenvalue weighted by molar-refractivity contribution is 0.0786. The van der Waals surface area contributed by atoms with Crippen molar-refractivity contribution in [2.24, 2.45) is 0 Å². The van der Waals surface area contributed by atoms with Crippen LogP contribution in [0.2, 0.25) is 0 Å². The zero-order valence-corrected chi connectivity index (χ0v) is 10.3. The molecule has 0 radical (unpaired) electrons. The van der Waals surface area contributed by atoms with E-state index in [9.17, 15) is 4.79 Å². The van der Waals surface area contributed by atoms with Crippen molar-refractivity contribution < 1.29 is 14.6 Å². The van der Waals surface area contributed by atoms with Gasteiger partial charge >= 0.3 is 0 Å². The van der Waals surface area contributed by atoms with Crippen LogP contribution in [0.5, 0.6) is 0 Å². The monoisotopic (exact) mass is 237 g/mol. The summed E-state index contributed by atoms with van der Waals surface area (Å²) in [4.78, 5) is 13.5. The van der Waals surface area contributed by atoms with Gasteiger partial charge in [-0.1, -0.05) is 12.1 Å². The summed E-state index contributed by atoms with van der Waals surface area (Å²) in [5, 5.41) is 8.71. The first kappa shape index (κ1) is 13.7. The average Bonchev–Trinajstić information content (AvgIpc) is 2.36. The molecule has 1 amide bonds. The second-order valence-electron chi connectivity index (χ2n) is 3.93. The van der Waals surface area contributed by atoms with Gasteiger partial charge in [0.25, 0.3) is 5.91 Å². The van der Waals surface area contributed by atoms with Gasteiger partial charge in [-0.25, -0.2) is 0 Å². The Hall–Kier alpha value is -1.39. The summed E-state index contributed by atoms with van der Waals surface area (Å²) in [7, 11) is 3.38. The highest BCUT2D eigenvalue weighted by atomic mass is 16.5. The first-order valence-electron chi connectivity index (χ1n) is 5.63. The molecule has 4 nitrogen and oxygen atoms in total. The Labute approximate surface area is 102 Å². The molecule has 1 aromatic carbocycles. The fourth-order valence-corrected chi connectivity index (χ4v) is 1.54. The van der Waals surface area contributed by atoms with Crippen LogP contribution in [0, 0.1) is 0 Å². The molecule has 4 heteroatoms. The first-order valence-corrected chi connectivity index (χ1v) is 5.63. The summed E-state index contributed by atoms with van der Waals surface area (Å²) < 4.78 is 5.01. The molecule has 0 spiro atoms. The van der Waals surface area contributed by atoms with Gasteiger partial charge in [-0.2, -0.15) is 0 Å². The predicted octanol–water partition coefficient (Wildman–Crippen LogP) is 1.29. The van der Waals surface area contributed by atoms with Crippen LogP contribution in [0.15, 0.2) is 24.3 Å². The Morgan fingerprint density at radius 2 is 2.00 bits per heavy atom. The Morgan fingerprint density at radius 3 is 2.53 bits per heavy atom. The van der Waals surface area contributed by atoms with E-state index < -0.39 is 0 Å². The van der Waals surface area contributed by atoms with Crippen molar-refractivity contribution in [1.29, 1.82) is 0 Å². The van der Waals surface area contributed by atoms with Gasteiger partial charge in [-0.15, -0.1) is 0 Å². The second-order valence-corrected chi connectivity index (χ2v) is 3.93. The Bertz CT molecular complexity index is 348. The number of benzene rings is 1. The number of nitrogens with zero attached hydrogens (tertiary/aromatic N) is 1. The van der Waals surface area contributed by atoms with Crippen LogP contribution in [0.1, 0.15) is 22.3 Å². The second kappa shape index (κ2) is 7.04. The minimum absolute atomic E-state index is 0.0255. The molecule has 0 saturated heterocycles. The molecule has 0 saturated carbocycles. The van der Waals surface area contributed by atoms with Crippen molar-refractivity contribution in [3.05, 3.63) is 35.4 Å². The molecule has 1 rings (SSSR count). The molecule has 0 aliphatic rings. The predicted molar refractivity (Wildman–Crippen MR) is 65.8 cm³/mol. The number of hydrogen-bond acceptors (Lipinski definition) is 3. The van der Waals surface area contributed by atoms with E-state index in [4.69, 9.17) is 9.84 Å². The molecule has 17 heavy (non-hydrogen) atoms. The topological polar surface area (TPSA) is 49.8 Å². The van der Waals surface area contributed by atoms with E-state index in [1.807, 2.05) is 12.1 Å². The molecular weight excluding hydrogens is 218 g/mol. The number of aliphatic hydroxyl groups excluding tert-OH is 1. The van der Waals surface area contributed by atoms with E-state index in [0.717, 1.165) is 5.56 Å². The Morgan fingerprint density at radius 1 is 1.35 bits per heavy atom. The minimum Gasteiger partial charge on any atom is -0.396 e. The third kappa shape index (κ3) is 4.17. The Balaban J connectivity index is 2.62. The number of amides is 1. The van der Waals surface area contributed by atoms with Gasteiger partial charge in [0.15, 0.2) is 0 Å². The molecule has 0 bridgehead atoms. The van der Waals surface area contributed by atoms with E-state index in [1.54, 1.807) is 31.2 Å². The van der Waals surface area contributed by atoms with Crippen molar-refractivity contribution in [1.82, 2.24) is 4.90 Å². The lowest BCUT2D eigenvalue weighted by Crippen LogP contribution is -2.28. The molecule has 1 N–H and O–H groups in total. The number of hydrogen-bond donors (Lipinski definition) is 1. The van der Waals surface area contributed by atoms with Crippen molar-refractivity contribution in [2.75, 3.05) is 27.3 Å². The van der Waals surface area contributed by atoms with E-state index in [-0.39, 0.29) is 12.5 Å². The highest BCUT2D eigenvalue weighted by Gasteiger charge is 2.10. The van der Waals surface area contributed by atoms with Crippen LogP contribution in [0.4, 0.5) is 0 Å². The molecule has 94 valence electrons. The third-order valence-corrected chi connectivity index (χ3v) is 2.51. The third-order valence-electron chi connectivity index (χ3n) is 2.51.